The SMILES string of the molecule is Clc1cc2[nH][c]nc2c(Cl)c1Cc1ccccc1. The Labute approximate surface area is 115 Å². The number of H-pyrrole nitrogens is 1. The van der Waals surface area contributed by atoms with Gasteiger partial charge in [0.1, 0.15) is 5.52 Å². The lowest BCUT2D eigenvalue weighted by molar-refractivity contribution is 1.20. The van der Waals surface area contributed by atoms with Crippen molar-refractivity contribution in [3.8, 4) is 0 Å². The molecule has 2 aromatic carbocycles. The average Bonchev–Trinajstić information content (AvgIpc) is 2.84. The van der Waals surface area contributed by atoms with Gasteiger partial charge in [-0.3, -0.25) is 0 Å². The highest BCUT2D eigenvalue weighted by Gasteiger charge is 2.13. The fourth-order valence-corrected chi connectivity index (χ4v) is 2.59. The van der Waals surface area contributed by atoms with Crippen molar-refractivity contribution in [2.45, 2.75) is 6.42 Å². The fraction of sp³-hybridized carbons (Fsp3) is 0.0714. The molecule has 1 heterocycles. The Hall–Kier alpha value is -1.51. The van der Waals surface area contributed by atoms with Crippen LogP contribution in [0.4, 0.5) is 0 Å². The summed E-state index contributed by atoms with van der Waals surface area (Å²) in [4.78, 5) is 6.98. The van der Waals surface area contributed by atoms with Crippen molar-refractivity contribution in [1.82, 2.24) is 9.97 Å². The summed E-state index contributed by atoms with van der Waals surface area (Å²) in [5.41, 5.74) is 3.59. The molecule has 2 nitrogen and oxygen atoms in total. The van der Waals surface area contributed by atoms with Crippen molar-refractivity contribution in [3.05, 3.63) is 63.9 Å². The van der Waals surface area contributed by atoms with E-state index in [1.165, 1.54) is 5.56 Å². The Balaban J connectivity index is 2.11. The molecule has 0 atom stereocenters. The molecule has 0 aliphatic carbocycles. The van der Waals surface area contributed by atoms with Gasteiger partial charge >= 0.3 is 0 Å². The second kappa shape index (κ2) is 4.63. The summed E-state index contributed by atoms with van der Waals surface area (Å²) in [5, 5.41) is 1.24. The van der Waals surface area contributed by atoms with E-state index in [1.807, 2.05) is 36.4 Å². The van der Waals surface area contributed by atoms with Crippen molar-refractivity contribution >= 4 is 34.2 Å². The van der Waals surface area contributed by atoms with E-state index in [-0.39, 0.29) is 0 Å². The first-order valence-electron chi connectivity index (χ1n) is 5.52. The minimum absolute atomic E-state index is 0.596. The molecule has 18 heavy (non-hydrogen) atoms. The van der Waals surface area contributed by atoms with Crippen LogP contribution in [0.5, 0.6) is 0 Å². The van der Waals surface area contributed by atoms with Crippen LogP contribution in [0.15, 0.2) is 36.4 Å². The maximum atomic E-state index is 6.35. The number of hydrogen-bond donors (Lipinski definition) is 1. The van der Waals surface area contributed by atoms with Crippen LogP contribution < -0.4 is 0 Å². The van der Waals surface area contributed by atoms with Crippen LogP contribution in [0, 0.1) is 6.33 Å². The summed E-state index contributed by atoms with van der Waals surface area (Å²) < 4.78 is 0. The first-order valence-corrected chi connectivity index (χ1v) is 6.28. The molecule has 0 fully saturated rings. The second-order valence-corrected chi connectivity index (χ2v) is 4.84. The zero-order valence-corrected chi connectivity index (χ0v) is 10.9. The van der Waals surface area contributed by atoms with Gasteiger partial charge in [0.05, 0.1) is 10.5 Å². The number of aromatic amines is 1. The lowest BCUT2D eigenvalue weighted by atomic mass is 10.0. The van der Waals surface area contributed by atoms with Gasteiger partial charge in [0, 0.05) is 11.4 Å². The quantitative estimate of drug-likeness (QED) is 0.744. The number of nitrogens with zero attached hydrogens (tertiary/aromatic N) is 1. The third kappa shape index (κ3) is 1.98. The molecule has 4 heteroatoms. The normalized spacial score (nSPS) is 11.0. The smallest absolute Gasteiger partial charge is 0.174 e. The van der Waals surface area contributed by atoms with Gasteiger partial charge in [-0.15, -0.1) is 0 Å². The molecule has 0 unspecified atom stereocenters. The van der Waals surface area contributed by atoms with Crippen LogP contribution >= 0.6 is 23.2 Å². The molecular weight excluding hydrogens is 267 g/mol. The second-order valence-electron chi connectivity index (χ2n) is 4.06. The van der Waals surface area contributed by atoms with Gasteiger partial charge in [-0.25, -0.2) is 4.98 Å². The maximum absolute atomic E-state index is 6.35. The molecule has 0 aliphatic rings. The number of nitrogens with one attached hydrogen (secondary N) is 1. The summed E-state index contributed by atoms with van der Waals surface area (Å²) in [6.45, 7) is 0. The summed E-state index contributed by atoms with van der Waals surface area (Å²) in [6, 6.07) is 11.9. The van der Waals surface area contributed by atoms with Gasteiger partial charge < -0.3 is 4.98 Å². The molecule has 0 spiro atoms. The molecule has 3 rings (SSSR count). The highest BCUT2D eigenvalue weighted by molar-refractivity contribution is 6.39. The lowest BCUT2D eigenvalue weighted by Gasteiger charge is -2.07. The Morgan fingerprint density at radius 3 is 2.72 bits per heavy atom. The molecule has 1 radical (unpaired) electrons. The third-order valence-electron chi connectivity index (χ3n) is 2.87. The van der Waals surface area contributed by atoms with Gasteiger partial charge in [-0.2, -0.15) is 0 Å². The molecular formula is C14H9Cl2N2. The largest absolute Gasteiger partial charge is 0.335 e. The Morgan fingerprint density at radius 1 is 1.17 bits per heavy atom. The zero-order valence-electron chi connectivity index (χ0n) is 9.37. The topological polar surface area (TPSA) is 28.7 Å². The average molecular weight is 276 g/mol. The van der Waals surface area contributed by atoms with Gasteiger partial charge in [-0.1, -0.05) is 53.5 Å². The van der Waals surface area contributed by atoms with E-state index >= 15 is 0 Å². The molecule has 0 amide bonds. The van der Waals surface area contributed by atoms with Crippen LogP contribution in [0.3, 0.4) is 0 Å². The van der Waals surface area contributed by atoms with Crippen LogP contribution in [-0.4, -0.2) is 9.97 Å². The molecule has 1 aromatic heterocycles. The summed E-state index contributed by atoms with van der Waals surface area (Å²) in [5.74, 6) is 0. The summed E-state index contributed by atoms with van der Waals surface area (Å²) >= 11 is 12.6. The standard InChI is InChI=1S/C14H9Cl2N2/c15-11-7-12-14(18-8-17-12)13(16)10(11)6-9-4-2-1-3-5-9/h1-5,7H,6H2,(H,17,18). The van der Waals surface area contributed by atoms with Crippen molar-refractivity contribution in [2.24, 2.45) is 0 Å². The first kappa shape index (κ1) is 11.6. The number of imidazole rings is 1. The van der Waals surface area contributed by atoms with E-state index in [2.05, 4.69) is 16.3 Å². The van der Waals surface area contributed by atoms with E-state index < -0.39 is 0 Å². The van der Waals surface area contributed by atoms with Gasteiger partial charge in [0.25, 0.3) is 0 Å². The summed E-state index contributed by atoms with van der Waals surface area (Å²) in [7, 11) is 0. The number of benzene rings is 2. The van der Waals surface area contributed by atoms with Crippen molar-refractivity contribution in [1.29, 1.82) is 0 Å². The van der Waals surface area contributed by atoms with Crippen molar-refractivity contribution in [3.63, 3.8) is 0 Å². The Bertz CT molecular complexity index is 690. The zero-order chi connectivity index (χ0) is 12.5. The lowest BCUT2D eigenvalue weighted by Crippen LogP contribution is -1.92. The Morgan fingerprint density at radius 2 is 1.94 bits per heavy atom. The van der Waals surface area contributed by atoms with Crippen LogP contribution in [0.1, 0.15) is 11.1 Å². The minimum Gasteiger partial charge on any atom is -0.335 e. The molecule has 0 saturated heterocycles. The third-order valence-corrected chi connectivity index (χ3v) is 3.61. The fourth-order valence-electron chi connectivity index (χ4n) is 1.96. The maximum Gasteiger partial charge on any atom is 0.174 e. The van der Waals surface area contributed by atoms with Gasteiger partial charge in [0.15, 0.2) is 6.33 Å². The minimum atomic E-state index is 0.596. The molecule has 0 aliphatic heterocycles. The number of halogens is 2. The predicted molar refractivity (Wildman–Crippen MR) is 74.2 cm³/mol. The number of hydrogen-bond acceptors (Lipinski definition) is 1. The number of aromatic nitrogens is 2. The van der Waals surface area contributed by atoms with Gasteiger partial charge in [0.2, 0.25) is 0 Å². The first-order chi connectivity index (χ1) is 8.75. The summed E-state index contributed by atoms with van der Waals surface area (Å²) in [6.07, 6.45) is 3.37. The van der Waals surface area contributed by atoms with E-state index in [0.29, 0.717) is 22.0 Å². The molecule has 89 valence electrons. The van der Waals surface area contributed by atoms with Crippen LogP contribution in [0.2, 0.25) is 10.0 Å². The van der Waals surface area contributed by atoms with E-state index in [4.69, 9.17) is 23.2 Å². The van der Waals surface area contributed by atoms with Gasteiger partial charge in [-0.05, 0) is 17.2 Å². The van der Waals surface area contributed by atoms with E-state index in [0.717, 1.165) is 11.1 Å². The van der Waals surface area contributed by atoms with Crippen molar-refractivity contribution < 1.29 is 0 Å². The highest BCUT2D eigenvalue weighted by atomic mass is 35.5. The highest BCUT2D eigenvalue weighted by Crippen LogP contribution is 2.32. The molecule has 0 saturated carbocycles. The molecule has 1 N–H and O–H groups in total. The number of fused-ring (bicyclic) bond motifs is 1. The predicted octanol–water partition coefficient (Wildman–Crippen LogP) is 4.26. The van der Waals surface area contributed by atoms with Crippen LogP contribution in [-0.2, 0) is 6.42 Å². The molecule has 0 bridgehead atoms. The van der Waals surface area contributed by atoms with E-state index in [9.17, 15) is 0 Å². The van der Waals surface area contributed by atoms with E-state index in [1.54, 1.807) is 0 Å². The van der Waals surface area contributed by atoms with Crippen molar-refractivity contribution in [2.75, 3.05) is 0 Å². The Kier molecular flexibility index (Phi) is 2.98. The van der Waals surface area contributed by atoms with Crippen LogP contribution in [0.25, 0.3) is 11.0 Å². The monoisotopic (exact) mass is 275 g/mol. The number of rotatable bonds is 2. The molecule has 3 aromatic rings.